The highest BCUT2D eigenvalue weighted by Crippen LogP contribution is 2.31. The lowest BCUT2D eigenvalue weighted by molar-refractivity contribution is -0.117. The Labute approximate surface area is 151 Å². The van der Waals surface area contributed by atoms with Crippen LogP contribution in [0.25, 0.3) is 0 Å². The van der Waals surface area contributed by atoms with Crippen molar-refractivity contribution in [2.24, 2.45) is 0 Å². The average molecular weight is 348 g/mol. The van der Waals surface area contributed by atoms with Gasteiger partial charge in [0.1, 0.15) is 11.6 Å². The molecule has 1 saturated heterocycles. The lowest BCUT2D eigenvalue weighted by Crippen LogP contribution is -2.24. The molecule has 26 heavy (non-hydrogen) atoms. The van der Waals surface area contributed by atoms with Crippen molar-refractivity contribution in [3.05, 3.63) is 71.8 Å². The van der Waals surface area contributed by atoms with Gasteiger partial charge in [0.25, 0.3) is 0 Å². The Morgan fingerprint density at radius 2 is 1.96 bits per heavy atom. The van der Waals surface area contributed by atoms with Gasteiger partial charge in [-0.2, -0.15) is 5.10 Å². The standard InChI is InChI=1S/C20H20N4O2/c25-17-8-4-7-16(12-17)24-13-15(11-19(24)26)20-21-18(22-23-20)10-9-14-5-2-1-3-6-14/h1-8,12,15,25H,9-11,13H2,(H,21,22,23)/t15-/m0/s1. The van der Waals surface area contributed by atoms with Gasteiger partial charge < -0.3 is 10.0 Å². The Hall–Kier alpha value is -3.15. The lowest BCUT2D eigenvalue weighted by Gasteiger charge is -2.16. The smallest absolute Gasteiger partial charge is 0.227 e. The number of nitrogens with zero attached hydrogens (tertiary/aromatic N) is 3. The van der Waals surface area contributed by atoms with Crippen LogP contribution in [0.2, 0.25) is 0 Å². The summed E-state index contributed by atoms with van der Waals surface area (Å²) in [5.74, 6) is 1.67. The Morgan fingerprint density at radius 1 is 1.12 bits per heavy atom. The summed E-state index contributed by atoms with van der Waals surface area (Å²) in [6.07, 6.45) is 2.06. The van der Waals surface area contributed by atoms with E-state index in [1.54, 1.807) is 23.1 Å². The van der Waals surface area contributed by atoms with Crippen LogP contribution in [0.15, 0.2) is 54.6 Å². The zero-order valence-corrected chi connectivity index (χ0v) is 14.3. The number of carbonyl (C=O) groups excluding carboxylic acids is 1. The predicted octanol–water partition coefficient (Wildman–Crippen LogP) is 2.82. The summed E-state index contributed by atoms with van der Waals surface area (Å²) >= 11 is 0. The average Bonchev–Trinajstić information content (AvgIpc) is 3.27. The molecule has 132 valence electrons. The third-order valence-corrected chi connectivity index (χ3v) is 4.67. The van der Waals surface area contributed by atoms with Crippen LogP contribution in [0, 0.1) is 0 Å². The van der Waals surface area contributed by atoms with Gasteiger partial charge in [0.05, 0.1) is 0 Å². The van der Waals surface area contributed by atoms with Gasteiger partial charge in [-0.15, -0.1) is 0 Å². The van der Waals surface area contributed by atoms with E-state index in [2.05, 4.69) is 27.3 Å². The summed E-state index contributed by atoms with van der Waals surface area (Å²) in [6, 6.07) is 17.0. The summed E-state index contributed by atoms with van der Waals surface area (Å²) in [7, 11) is 0. The van der Waals surface area contributed by atoms with E-state index in [1.807, 2.05) is 24.3 Å². The van der Waals surface area contributed by atoms with Crippen LogP contribution in [0.1, 0.15) is 29.6 Å². The highest BCUT2D eigenvalue weighted by atomic mass is 16.3. The molecule has 0 unspecified atom stereocenters. The summed E-state index contributed by atoms with van der Waals surface area (Å²) in [4.78, 5) is 18.6. The molecule has 1 aliphatic rings. The molecule has 4 rings (SSSR count). The lowest BCUT2D eigenvalue weighted by atomic mass is 10.1. The van der Waals surface area contributed by atoms with Gasteiger partial charge in [-0.25, -0.2) is 4.98 Å². The van der Waals surface area contributed by atoms with E-state index in [1.165, 1.54) is 5.56 Å². The van der Waals surface area contributed by atoms with Crippen molar-refractivity contribution in [3.8, 4) is 5.75 Å². The van der Waals surface area contributed by atoms with Gasteiger partial charge in [0, 0.05) is 37.1 Å². The van der Waals surface area contributed by atoms with Crippen molar-refractivity contribution in [3.63, 3.8) is 0 Å². The fraction of sp³-hybridized carbons (Fsp3) is 0.250. The molecule has 0 aliphatic carbocycles. The molecule has 2 N–H and O–H groups in total. The molecular weight excluding hydrogens is 328 g/mol. The number of phenols is 1. The summed E-state index contributed by atoms with van der Waals surface area (Å²) < 4.78 is 0. The second-order valence-corrected chi connectivity index (χ2v) is 6.55. The number of aryl methyl sites for hydroxylation is 2. The Kier molecular flexibility index (Phi) is 4.39. The number of nitrogens with one attached hydrogen (secondary N) is 1. The minimum Gasteiger partial charge on any atom is -0.508 e. The molecule has 1 amide bonds. The van der Waals surface area contributed by atoms with Crippen LogP contribution in [0.5, 0.6) is 5.75 Å². The number of H-pyrrole nitrogens is 1. The molecule has 3 aromatic rings. The number of rotatable bonds is 5. The third-order valence-electron chi connectivity index (χ3n) is 4.67. The Bertz CT molecular complexity index is 907. The van der Waals surface area contributed by atoms with Gasteiger partial charge in [0.2, 0.25) is 5.91 Å². The van der Waals surface area contributed by atoms with Crippen molar-refractivity contribution in [1.82, 2.24) is 15.2 Å². The number of hydrogen-bond acceptors (Lipinski definition) is 4. The fourth-order valence-electron chi connectivity index (χ4n) is 3.30. The molecule has 2 aromatic carbocycles. The van der Waals surface area contributed by atoms with E-state index in [9.17, 15) is 9.90 Å². The van der Waals surface area contributed by atoms with Crippen LogP contribution in [-0.4, -0.2) is 32.7 Å². The number of amides is 1. The van der Waals surface area contributed by atoms with E-state index in [0.717, 1.165) is 18.7 Å². The highest BCUT2D eigenvalue weighted by Gasteiger charge is 2.34. The van der Waals surface area contributed by atoms with Gasteiger partial charge in [-0.05, 0) is 24.1 Å². The predicted molar refractivity (Wildman–Crippen MR) is 98.1 cm³/mol. The first-order valence-corrected chi connectivity index (χ1v) is 8.73. The molecule has 2 heterocycles. The second kappa shape index (κ2) is 7.00. The quantitative estimate of drug-likeness (QED) is 0.743. The molecule has 0 spiro atoms. The summed E-state index contributed by atoms with van der Waals surface area (Å²) in [6.45, 7) is 0.526. The van der Waals surface area contributed by atoms with Crippen molar-refractivity contribution in [1.29, 1.82) is 0 Å². The number of aromatic nitrogens is 3. The topological polar surface area (TPSA) is 82.1 Å². The normalized spacial score (nSPS) is 17.0. The number of anilines is 1. The SMILES string of the molecule is O=C1C[C@H](c2n[nH]c(CCc3ccccc3)n2)CN1c1cccc(O)c1. The maximum atomic E-state index is 12.4. The van der Waals surface area contributed by atoms with E-state index in [0.29, 0.717) is 24.5 Å². The molecule has 0 bridgehead atoms. The minimum absolute atomic E-state index is 0.0243. The molecule has 6 nitrogen and oxygen atoms in total. The van der Waals surface area contributed by atoms with Gasteiger partial charge in [-0.1, -0.05) is 36.4 Å². The number of carbonyl (C=O) groups is 1. The molecule has 1 fully saturated rings. The summed E-state index contributed by atoms with van der Waals surface area (Å²) in [5.41, 5.74) is 1.97. The largest absolute Gasteiger partial charge is 0.508 e. The number of benzene rings is 2. The second-order valence-electron chi connectivity index (χ2n) is 6.55. The number of phenolic OH excluding ortho intramolecular Hbond substituents is 1. The molecule has 1 atom stereocenters. The number of aromatic hydroxyl groups is 1. The number of aromatic amines is 1. The first-order chi connectivity index (χ1) is 12.7. The van der Waals surface area contributed by atoms with E-state index in [-0.39, 0.29) is 17.6 Å². The monoisotopic (exact) mass is 348 g/mol. The van der Waals surface area contributed by atoms with E-state index < -0.39 is 0 Å². The molecule has 1 aromatic heterocycles. The molecule has 1 aliphatic heterocycles. The summed E-state index contributed by atoms with van der Waals surface area (Å²) in [5, 5.41) is 17.0. The zero-order valence-electron chi connectivity index (χ0n) is 14.3. The highest BCUT2D eigenvalue weighted by molar-refractivity contribution is 5.96. The third kappa shape index (κ3) is 3.44. The molecular formula is C20H20N4O2. The molecule has 0 radical (unpaired) electrons. The Morgan fingerprint density at radius 3 is 2.77 bits per heavy atom. The van der Waals surface area contributed by atoms with Crippen molar-refractivity contribution in [2.45, 2.75) is 25.2 Å². The maximum absolute atomic E-state index is 12.4. The van der Waals surface area contributed by atoms with Crippen molar-refractivity contribution < 1.29 is 9.90 Å². The van der Waals surface area contributed by atoms with Gasteiger partial charge in [-0.3, -0.25) is 9.89 Å². The molecule has 6 heteroatoms. The van der Waals surface area contributed by atoms with Crippen LogP contribution in [0.4, 0.5) is 5.69 Å². The Balaban J connectivity index is 1.42. The van der Waals surface area contributed by atoms with Crippen LogP contribution < -0.4 is 4.90 Å². The van der Waals surface area contributed by atoms with Gasteiger partial charge in [0.15, 0.2) is 5.82 Å². The van der Waals surface area contributed by atoms with Crippen LogP contribution in [-0.2, 0) is 17.6 Å². The maximum Gasteiger partial charge on any atom is 0.227 e. The first-order valence-electron chi connectivity index (χ1n) is 8.73. The number of hydrogen-bond donors (Lipinski definition) is 2. The zero-order chi connectivity index (χ0) is 17.9. The van der Waals surface area contributed by atoms with Crippen molar-refractivity contribution >= 4 is 11.6 Å². The minimum atomic E-state index is -0.0356. The first kappa shape index (κ1) is 16.3. The fourth-order valence-corrected chi connectivity index (χ4v) is 3.30. The van der Waals surface area contributed by atoms with Crippen LogP contribution >= 0.6 is 0 Å². The van der Waals surface area contributed by atoms with Crippen molar-refractivity contribution in [2.75, 3.05) is 11.4 Å². The van der Waals surface area contributed by atoms with E-state index >= 15 is 0 Å². The van der Waals surface area contributed by atoms with Crippen LogP contribution in [0.3, 0.4) is 0 Å². The molecule has 0 saturated carbocycles. The van der Waals surface area contributed by atoms with E-state index in [4.69, 9.17) is 0 Å². The van der Waals surface area contributed by atoms with Gasteiger partial charge >= 0.3 is 0 Å².